The topological polar surface area (TPSA) is 57.2 Å². The smallest absolute Gasteiger partial charge is 0.286 e. The maximum atomic E-state index is 9.10. The summed E-state index contributed by atoms with van der Waals surface area (Å²) in [6, 6.07) is 0. The third-order valence-electron chi connectivity index (χ3n) is 3.96. The largest absolute Gasteiger partial charge is 0.394 e. The fourth-order valence-electron chi connectivity index (χ4n) is 2.54. The molecule has 4 unspecified atom stereocenters. The van der Waals surface area contributed by atoms with Crippen LogP contribution in [0.15, 0.2) is 0 Å². The zero-order valence-electron chi connectivity index (χ0n) is 11.5. The molecule has 5 nitrogen and oxygen atoms in total. The van der Waals surface area contributed by atoms with E-state index in [2.05, 4.69) is 13.8 Å². The average molecular weight is 260 g/mol. The van der Waals surface area contributed by atoms with Gasteiger partial charge in [-0.2, -0.15) is 0 Å². The number of rotatable bonds is 6. The molecule has 2 heterocycles. The van der Waals surface area contributed by atoms with Gasteiger partial charge in [0.25, 0.3) is 5.97 Å². The van der Waals surface area contributed by atoms with Crippen molar-refractivity contribution in [3.63, 3.8) is 0 Å². The second-order valence-corrected chi connectivity index (χ2v) is 5.56. The van der Waals surface area contributed by atoms with Crippen molar-refractivity contribution in [2.45, 2.75) is 50.8 Å². The van der Waals surface area contributed by atoms with Crippen LogP contribution in [0.2, 0.25) is 0 Å². The highest BCUT2D eigenvalue weighted by molar-refractivity contribution is 4.89. The van der Waals surface area contributed by atoms with Gasteiger partial charge >= 0.3 is 0 Å². The zero-order chi connectivity index (χ0) is 13.2. The third kappa shape index (κ3) is 2.70. The summed E-state index contributed by atoms with van der Waals surface area (Å²) < 4.78 is 22.7. The Hall–Kier alpha value is -0.200. The summed E-state index contributed by atoms with van der Waals surface area (Å²) in [5.74, 6) is -0.773. The van der Waals surface area contributed by atoms with Crippen LogP contribution in [0.5, 0.6) is 0 Å². The van der Waals surface area contributed by atoms with Crippen LogP contribution in [0.25, 0.3) is 0 Å². The lowest BCUT2D eigenvalue weighted by molar-refractivity contribution is -0.389. The molecule has 1 N–H and O–H groups in total. The van der Waals surface area contributed by atoms with Gasteiger partial charge < -0.3 is 24.1 Å². The Bertz CT molecular complexity index is 281. The zero-order valence-corrected chi connectivity index (χ0v) is 11.5. The quantitative estimate of drug-likeness (QED) is 0.780. The molecule has 0 aromatic heterocycles. The predicted molar refractivity (Wildman–Crippen MR) is 65.0 cm³/mol. The summed E-state index contributed by atoms with van der Waals surface area (Å²) in [6.07, 6.45) is 2.34. The van der Waals surface area contributed by atoms with E-state index in [0.29, 0.717) is 13.2 Å². The van der Waals surface area contributed by atoms with E-state index < -0.39 is 5.97 Å². The van der Waals surface area contributed by atoms with E-state index in [-0.39, 0.29) is 24.2 Å². The highest BCUT2D eigenvalue weighted by Gasteiger charge is 2.55. The van der Waals surface area contributed by atoms with Crippen LogP contribution in [0.4, 0.5) is 0 Å². The molecule has 0 radical (unpaired) electrons. The second-order valence-electron chi connectivity index (χ2n) is 5.56. The van der Waals surface area contributed by atoms with Gasteiger partial charge in [-0.15, -0.1) is 0 Å². The summed E-state index contributed by atoms with van der Waals surface area (Å²) >= 11 is 0. The van der Waals surface area contributed by atoms with Gasteiger partial charge in [-0.25, -0.2) is 0 Å². The standard InChI is InChI=1S/C13H24O5/c1-10(4-5-11(8-14)15-3)13-16-7-6-12(2,18-13)9-17-13/h10-11,14H,4-9H2,1-3H3. The summed E-state index contributed by atoms with van der Waals surface area (Å²) in [7, 11) is 1.61. The minimum absolute atomic E-state index is 0.0382. The molecule has 2 rings (SSSR count). The molecule has 0 amide bonds. The molecule has 0 aromatic rings. The van der Waals surface area contributed by atoms with Gasteiger partial charge in [0.2, 0.25) is 0 Å². The van der Waals surface area contributed by atoms with Crippen LogP contribution in [0.3, 0.4) is 0 Å². The van der Waals surface area contributed by atoms with Crippen LogP contribution < -0.4 is 0 Å². The summed E-state index contributed by atoms with van der Waals surface area (Å²) in [5, 5.41) is 9.10. The average Bonchev–Trinajstić information content (AvgIpc) is 2.61. The highest BCUT2D eigenvalue weighted by Crippen LogP contribution is 2.44. The number of aliphatic hydroxyl groups is 1. The van der Waals surface area contributed by atoms with Crippen LogP contribution in [-0.4, -0.2) is 49.7 Å². The third-order valence-corrected chi connectivity index (χ3v) is 3.96. The fourth-order valence-corrected chi connectivity index (χ4v) is 2.54. The number of hydrogen-bond donors (Lipinski definition) is 1. The molecule has 0 aromatic carbocycles. The molecular weight excluding hydrogens is 236 g/mol. The van der Waals surface area contributed by atoms with Crippen molar-refractivity contribution < 1.29 is 24.1 Å². The first-order valence-corrected chi connectivity index (χ1v) is 6.65. The first-order chi connectivity index (χ1) is 8.53. The summed E-state index contributed by atoms with van der Waals surface area (Å²) in [4.78, 5) is 0. The molecule has 106 valence electrons. The molecule has 18 heavy (non-hydrogen) atoms. The number of fused-ring (bicyclic) bond motifs is 2. The van der Waals surface area contributed by atoms with E-state index in [1.54, 1.807) is 7.11 Å². The van der Waals surface area contributed by atoms with E-state index in [1.165, 1.54) is 0 Å². The van der Waals surface area contributed by atoms with Crippen molar-refractivity contribution in [2.75, 3.05) is 26.9 Å². The Morgan fingerprint density at radius 3 is 2.78 bits per heavy atom. The number of ether oxygens (including phenoxy) is 4. The van der Waals surface area contributed by atoms with Crippen LogP contribution in [-0.2, 0) is 18.9 Å². The molecular formula is C13H24O5. The van der Waals surface area contributed by atoms with Gasteiger partial charge in [0.1, 0.15) is 0 Å². The van der Waals surface area contributed by atoms with Gasteiger partial charge in [-0.1, -0.05) is 6.92 Å². The van der Waals surface area contributed by atoms with Crippen molar-refractivity contribution in [1.82, 2.24) is 0 Å². The number of aliphatic hydroxyl groups excluding tert-OH is 1. The fraction of sp³-hybridized carbons (Fsp3) is 1.00. The van der Waals surface area contributed by atoms with Crippen LogP contribution >= 0.6 is 0 Å². The molecule has 2 aliphatic rings. The van der Waals surface area contributed by atoms with E-state index in [0.717, 1.165) is 19.3 Å². The Morgan fingerprint density at radius 1 is 1.33 bits per heavy atom. The maximum Gasteiger partial charge on any atom is 0.286 e. The van der Waals surface area contributed by atoms with Crippen molar-refractivity contribution in [2.24, 2.45) is 5.92 Å². The molecule has 2 saturated heterocycles. The molecule has 0 spiro atoms. The Morgan fingerprint density at radius 2 is 2.11 bits per heavy atom. The van der Waals surface area contributed by atoms with E-state index in [4.69, 9.17) is 24.1 Å². The Labute approximate surface area is 108 Å². The van der Waals surface area contributed by atoms with Crippen molar-refractivity contribution in [1.29, 1.82) is 0 Å². The molecule has 2 fully saturated rings. The van der Waals surface area contributed by atoms with Crippen LogP contribution in [0.1, 0.15) is 33.1 Å². The van der Waals surface area contributed by atoms with E-state index in [1.807, 2.05) is 0 Å². The van der Waals surface area contributed by atoms with Crippen LogP contribution in [0, 0.1) is 5.92 Å². The predicted octanol–water partition coefficient (Wildman–Crippen LogP) is 1.29. The van der Waals surface area contributed by atoms with Gasteiger partial charge in [0.05, 0.1) is 31.5 Å². The van der Waals surface area contributed by atoms with Gasteiger partial charge in [0.15, 0.2) is 0 Å². The lowest BCUT2D eigenvalue weighted by Crippen LogP contribution is -2.48. The molecule has 5 heteroatoms. The van der Waals surface area contributed by atoms with Crippen molar-refractivity contribution >= 4 is 0 Å². The van der Waals surface area contributed by atoms with Crippen molar-refractivity contribution in [3.05, 3.63) is 0 Å². The molecule has 2 bridgehead atoms. The minimum Gasteiger partial charge on any atom is -0.394 e. The lowest BCUT2D eigenvalue weighted by Gasteiger charge is -2.39. The number of methoxy groups -OCH3 is 1. The minimum atomic E-state index is -0.888. The van der Waals surface area contributed by atoms with Crippen molar-refractivity contribution in [3.8, 4) is 0 Å². The highest BCUT2D eigenvalue weighted by atomic mass is 16.9. The normalized spacial score (nSPS) is 38.7. The van der Waals surface area contributed by atoms with E-state index in [9.17, 15) is 0 Å². The SMILES string of the molecule is COC(CO)CCC(C)C12OCCC(C)(CO1)O2. The van der Waals surface area contributed by atoms with Gasteiger partial charge in [-0.3, -0.25) is 0 Å². The second kappa shape index (κ2) is 5.43. The monoisotopic (exact) mass is 260 g/mol. The molecule has 4 atom stereocenters. The number of hydrogen-bond acceptors (Lipinski definition) is 5. The molecule has 0 aliphatic carbocycles. The maximum absolute atomic E-state index is 9.10. The first-order valence-electron chi connectivity index (χ1n) is 6.65. The molecule has 0 saturated carbocycles. The van der Waals surface area contributed by atoms with Gasteiger partial charge in [0, 0.05) is 19.4 Å². The lowest BCUT2D eigenvalue weighted by atomic mass is 9.98. The Balaban J connectivity index is 1.90. The molecule has 2 aliphatic heterocycles. The van der Waals surface area contributed by atoms with Gasteiger partial charge in [-0.05, 0) is 19.8 Å². The van der Waals surface area contributed by atoms with E-state index >= 15 is 0 Å². The Kier molecular flexibility index (Phi) is 4.29. The summed E-state index contributed by atoms with van der Waals surface area (Å²) in [6.45, 7) is 5.42. The summed E-state index contributed by atoms with van der Waals surface area (Å²) in [5.41, 5.74) is -0.204. The first kappa shape index (κ1) is 14.2.